The van der Waals surface area contributed by atoms with Crippen LogP contribution >= 0.6 is 0 Å². The van der Waals surface area contributed by atoms with Gasteiger partial charge >= 0.3 is 6.03 Å². The normalized spacial score (nSPS) is 25.7. The van der Waals surface area contributed by atoms with Gasteiger partial charge in [-0.05, 0) is 45.3 Å². The number of hydrogen-bond acceptors (Lipinski definition) is 5. The van der Waals surface area contributed by atoms with Gasteiger partial charge in [-0.3, -0.25) is 9.69 Å². The number of urea groups is 1. The highest BCUT2D eigenvalue weighted by Crippen LogP contribution is 2.48. The average Bonchev–Trinajstić information content (AvgIpc) is 3.06. The topological polar surface area (TPSA) is 85.3 Å². The van der Waals surface area contributed by atoms with Gasteiger partial charge in [0.1, 0.15) is 0 Å². The molecule has 1 aromatic carbocycles. The first kappa shape index (κ1) is 24.5. The number of carbonyl (C=O) groups is 2. The van der Waals surface area contributed by atoms with Crippen molar-refractivity contribution in [2.75, 3.05) is 60.6 Å². The summed E-state index contributed by atoms with van der Waals surface area (Å²) in [6.07, 6.45) is 3.98. The first-order valence-corrected chi connectivity index (χ1v) is 11.5. The van der Waals surface area contributed by atoms with Crippen molar-refractivity contribution in [2.45, 2.75) is 43.2 Å². The molecule has 0 bridgehead atoms. The van der Waals surface area contributed by atoms with Crippen molar-refractivity contribution in [3.05, 3.63) is 35.9 Å². The van der Waals surface area contributed by atoms with Gasteiger partial charge < -0.3 is 25.0 Å². The Balaban J connectivity index is 1.75. The monoisotopic (exact) mass is 446 g/mol. The fourth-order valence-electron chi connectivity index (χ4n) is 5.39. The zero-order valence-electron chi connectivity index (χ0n) is 19.7. The molecule has 1 saturated carbocycles. The molecule has 1 aliphatic heterocycles. The molecule has 0 radical (unpaired) electrons. The molecule has 1 aliphatic carbocycles. The van der Waals surface area contributed by atoms with Crippen LogP contribution < -0.4 is 5.32 Å². The second-order valence-corrected chi connectivity index (χ2v) is 9.19. The van der Waals surface area contributed by atoms with E-state index in [9.17, 15) is 9.59 Å². The van der Waals surface area contributed by atoms with Crippen LogP contribution in [0, 0.1) is 0 Å². The molecule has 178 valence electrons. The van der Waals surface area contributed by atoms with Crippen molar-refractivity contribution in [3.63, 3.8) is 0 Å². The summed E-state index contributed by atoms with van der Waals surface area (Å²) in [6, 6.07) is 10.6. The Bertz CT molecular complexity index is 763. The van der Waals surface area contributed by atoms with Crippen molar-refractivity contribution in [1.82, 2.24) is 20.0 Å². The Kier molecular flexibility index (Phi) is 8.14. The molecule has 2 N–H and O–H groups in total. The number of nitrogens with zero attached hydrogens (tertiary/aromatic N) is 3. The first-order chi connectivity index (χ1) is 15.4. The number of ether oxygens (including phenoxy) is 1. The number of carbonyl (C=O) groups excluding carboxylic acids is 2. The predicted molar refractivity (Wildman–Crippen MR) is 123 cm³/mol. The SMILES string of the molecule is COCCN1C(=O)N(CCC(=O)NCCO)CC12CCC(c1ccccc1)(N(C)C)CC2. The van der Waals surface area contributed by atoms with Crippen molar-refractivity contribution in [3.8, 4) is 0 Å². The molecule has 1 spiro atoms. The number of amides is 3. The summed E-state index contributed by atoms with van der Waals surface area (Å²) in [7, 11) is 5.94. The molecule has 2 aliphatic rings. The maximum absolute atomic E-state index is 13.3. The van der Waals surface area contributed by atoms with Gasteiger partial charge in [0.2, 0.25) is 5.91 Å². The van der Waals surface area contributed by atoms with Gasteiger partial charge in [0.05, 0.1) is 18.8 Å². The van der Waals surface area contributed by atoms with Crippen molar-refractivity contribution in [2.24, 2.45) is 0 Å². The number of rotatable bonds is 10. The molecule has 3 rings (SSSR count). The van der Waals surface area contributed by atoms with Crippen LogP contribution in [0.25, 0.3) is 0 Å². The first-order valence-electron chi connectivity index (χ1n) is 11.5. The maximum atomic E-state index is 13.3. The summed E-state index contributed by atoms with van der Waals surface area (Å²) >= 11 is 0. The van der Waals surface area contributed by atoms with Gasteiger partial charge in [0.25, 0.3) is 0 Å². The molecule has 8 nitrogen and oxygen atoms in total. The Morgan fingerprint density at radius 2 is 1.84 bits per heavy atom. The number of hydrogen-bond donors (Lipinski definition) is 2. The molecular formula is C24H38N4O4. The minimum atomic E-state index is -0.231. The van der Waals surface area contributed by atoms with Gasteiger partial charge in [0, 0.05) is 45.2 Å². The van der Waals surface area contributed by atoms with Crippen LogP contribution in [0.4, 0.5) is 4.79 Å². The zero-order valence-corrected chi connectivity index (χ0v) is 19.7. The third-order valence-electron chi connectivity index (χ3n) is 7.30. The van der Waals surface area contributed by atoms with Crippen LogP contribution in [-0.2, 0) is 15.1 Å². The van der Waals surface area contributed by atoms with E-state index in [-0.39, 0.29) is 42.6 Å². The summed E-state index contributed by atoms with van der Waals surface area (Å²) in [6.45, 7) is 2.23. The standard InChI is InChI=1S/C24H38N4O4/c1-26(2)24(20-7-5-4-6-8-20)12-10-23(11-13-24)19-27(15-9-21(30)25-14-17-29)22(31)28(23)16-18-32-3/h4-8,29H,9-19H2,1-3H3,(H,25,30). The lowest BCUT2D eigenvalue weighted by molar-refractivity contribution is -0.121. The second-order valence-electron chi connectivity index (χ2n) is 9.19. The van der Waals surface area contributed by atoms with E-state index >= 15 is 0 Å². The van der Waals surface area contributed by atoms with E-state index in [2.05, 4.69) is 48.6 Å². The van der Waals surface area contributed by atoms with Gasteiger partial charge in [-0.2, -0.15) is 0 Å². The lowest BCUT2D eigenvalue weighted by Crippen LogP contribution is -2.56. The third kappa shape index (κ3) is 4.92. The summed E-state index contributed by atoms with van der Waals surface area (Å²) in [5, 5.41) is 11.5. The molecule has 1 saturated heterocycles. The van der Waals surface area contributed by atoms with Gasteiger partial charge in [-0.25, -0.2) is 4.79 Å². The Morgan fingerprint density at radius 3 is 2.44 bits per heavy atom. The number of aliphatic hydroxyl groups excluding tert-OH is 1. The molecule has 0 aromatic heterocycles. The highest BCUT2D eigenvalue weighted by Gasteiger charge is 2.54. The van der Waals surface area contributed by atoms with Crippen molar-refractivity contribution >= 4 is 11.9 Å². The van der Waals surface area contributed by atoms with Crippen LogP contribution in [0.2, 0.25) is 0 Å². The number of aliphatic hydroxyl groups is 1. The number of methoxy groups -OCH3 is 1. The summed E-state index contributed by atoms with van der Waals surface area (Å²) in [5.41, 5.74) is 1.05. The van der Waals surface area contributed by atoms with Crippen LogP contribution in [0.15, 0.2) is 30.3 Å². The van der Waals surface area contributed by atoms with Crippen LogP contribution in [0.3, 0.4) is 0 Å². The van der Waals surface area contributed by atoms with Gasteiger partial charge in [-0.15, -0.1) is 0 Å². The molecule has 3 amide bonds. The Morgan fingerprint density at radius 1 is 1.16 bits per heavy atom. The van der Waals surface area contributed by atoms with E-state index in [1.54, 1.807) is 7.11 Å². The largest absolute Gasteiger partial charge is 0.395 e. The van der Waals surface area contributed by atoms with Crippen molar-refractivity contribution in [1.29, 1.82) is 0 Å². The molecule has 8 heteroatoms. The molecule has 1 heterocycles. The van der Waals surface area contributed by atoms with Crippen LogP contribution in [-0.4, -0.2) is 97.9 Å². The Hall–Kier alpha value is -2.16. The quantitative estimate of drug-likeness (QED) is 0.571. The van der Waals surface area contributed by atoms with Crippen molar-refractivity contribution < 1.29 is 19.4 Å². The third-order valence-corrected chi connectivity index (χ3v) is 7.30. The number of benzene rings is 1. The smallest absolute Gasteiger partial charge is 0.320 e. The number of nitrogens with one attached hydrogen (secondary N) is 1. The van der Waals surface area contributed by atoms with Crippen LogP contribution in [0.5, 0.6) is 0 Å². The lowest BCUT2D eigenvalue weighted by atomic mass is 9.68. The zero-order chi connectivity index (χ0) is 23.2. The average molecular weight is 447 g/mol. The lowest BCUT2D eigenvalue weighted by Gasteiger charge is -2.51. The molecule has 0 unspecified atom stereocenters. The van der Waals surface area contributed by atoms with Crippen LogP contribution in [0.1, 0.15) is 37.7 Å². The molecule has 32 heavy (non-hydrogen) atoms. The molecule has 2 fully saturated rings. The maximum Gasteiger partial charge on any atom is 0.320 e. The minimum Gasteiger partial charge on any atom is -0.395 e. The molecular weight excluding hydrogens is 408 g/mol. The van der Waals surface area contributed by atoms with E-state index < -0.39 is 0 Å². The van der Waals surface area contributed by atoms with E-state index in [0.717, 1.165) is 25.7 Å². The fraction of sp³-hybridized carbons (Fsp3) is 0.667. The summed E-state index contributed by atoms with van der Waals surface area (Å²) in [4.78, 5) is 31.4. The molecule has 0 atom stereocenters. The van der Waals surface area contributed by atoms with Gasteiger partial charge in [-0.1, -0.05) is 30.3 Å². The van der Waals surface area contributed by atoms with E-state index in [1.807, 2.05) is 15.9 Å². The van der Waals surface area contributed by atoms with Gasteiger partial charge in [0.15, 0.2) is 0 Å². The second kappa shape index (κ2) is 10.6. The highest BCUT2D eigenvalue weighted by molar-refractivity contribution is 5.80. The Labute approximate surface area is 191 Å². The fourth-order valence-corrected chi connectivity index (χ4v) is 5.39. The van der Waals surface area contributed by atoms with E-state index in [0.29, 0.717) is 26.2 Å². The molecule has 1 aromatic rings. The highest BCUT2D eigenvalue weighted by atomic mass is 16.5. The van der Waals surface area contributed by atoms with E-state index in [1.165, 1.54) is 5.56 Å². The summed E-state index contributed by atoms with van der Waals surface area (Å²) in [5.74, 6) is -0.143. The predicted octanol–water partition coefficient (Wildman–Crippen LogP) is 1.64. The van der Waals surface area contributed by atoms with E-state index in [4.69, 9.17) is 9.84 Å². The minimum absolute atomic E-state index is 0.00549. The summed E-state index contributed by atoms with van der Waals surface area (Å²) < 4.78 is 5.30.